The van der Waals surface area contributed by atoms with Crippen LogP contribution in [0.2, 0.25) is 0 Å². The molecule has 7 nitrogen and oxygen atoms in total. The van der Waals surface area contributed by atoms with Gasteiger partial charge in [0.15, 0.2) is 28.3 Å². The first-order valence-corrected chi connectivity index (χ1v) is 10.2. The average Bonchev–Trinajstić information content (AvgIpc) is 3.48. The van der Waals surface area contributed by atoms with Crippen molar-refractivity contribution < 1.29 is 14.3 Å². The molecule has 2 aromatic carbocycles. The lowest BCUT2D eigenvalue weighted by molar-refractivity contribution is 0.101. The maximum Gasteiger partial charge on any atom is 0.196 e. The molecule has 8 heteroatoms. The van der Waals surface area contributed by atoms with Gasteiger partial charge in [0.2, 0.25) is 0 Å². The third-order valence-corrected chi connectivity index (χ3v) is 5.45. The van der Waals surface area contributed by atoms with Crippen LogP contribution in [-0.4, -0.2) is 45.5 Å². The normalized spacial score (nSPS) is 10.7. The number of hydrogen-bond donors (Lipinski definition) is 1. The van der Waals surface area contributed by atoms with Crippen molar-refractivity contribution in [2.75, 3.05) is 20.0 Å². The monoisotopic (exact) mass is 420 g/mol. The van der Waals surface area contributed by atoms with Gasteiger partial charge in [-0.1, -0.05) is 42.1 Å². The van der Waals surface area contributed by atoms with E-state index in [-0.39, 0.29) is 11.5 Å². The molecule has 2 heterocycles. The first-order chi connectivity index (χ1) is 14.7. The van der Waals surface area contributed by atoms with Crippen molar-refractivity contribution in [2.24, 2.45) is 0 Å². The van der Waals surface area contributed by atoms with Gasteiger partial charge in [0.1, 0.15) is 0 Å². The lowest BCUT2D eigenvalue weighted by Crippen LogP contribution is -2.05. The Hall–Kier alpha value is -3.52. The number of aromatic nitrogens is 4. The quantitative estimate of drug-likeness (QED) is 0.339. The number of hydrogen-bond acceptors (Lipinski definition) is 6. The molecule has 0 aliphatic carbocycles. The molecule has 0 spiro atoms. The number of rotatable bonds is 8. The predicted octanol–water partition coefficient (Wildman–Crippen LogP) is 4.25. The minimum absolute atomic E-state index is 0.00637. The minimum atomic E-state index is -0.00637. The number of benzene rings is 2. The fourth-order valence-electron chi connectivity index (χ4n) is 3.05. The fraction of sp³-hybridized carbons (Fsp3) is 0.136. The summed E-state index contributed by atoms with van der Waals surface area (Å²) in [5.74, 6) is 2.14. The SMILES string of the molecule is COc1ccc(-n2c(SCC(=O)c3ccc[nH]3)nnc2-c2ccccc2)cc1OC. The second-order valence-electron chi connectivity index (χ2n) is 6.34. The maximum atomic E-state index is 12.4. The highest BCUT2D eigenvalue weighted by atomic mass is 32.2. The van der Waals surface area contributed by atoms with E-state index in [0.29, 0.717) is 28.2 Å². The van der Waals surface area contributed by atoms with Crippen molar-refractivity contribution in [1.29, 1.82) is 0 Å². The van der Waals surface area contributed by atoms with Crippen molar-refractivity contribution in [3.05, 3.63) is 72.6 Å². The van der Waals surface area contributed by atoms with Gasteiger partial charge < -0.3 is 14.5 Å². The number of nitrogens with zero attached hydrogens (tertiary/aromatic N) is 3. The number of thioether (sulfide) groups is 1. The zero-order valence-electron chi connectivity index (χ0n) is 16.5. The largest absolute Gasteiger partial charge is 0.493 e. The number of ketones is 1. The number of carbonyl (C=O) groups is 1. The van der Waals surface area contributed by atoms with Crippen molar-refractivity contribution in [2.45, 2.75) is 5.16 Å². The summed E-state index contributed by atoms with van der Waals surface area (Å²) in [7, 11) is 3.19. The molecule has 0 atom stereocenters. The van der Waals surface area contributed by atoms with Crippen LogP contribution in [0.5, 0.6) is 11.5 Å². The van der Waals surface area contributed by atoms with Crippen LogP contribution < -0.4 is 9.47 Å². The van der Waals surface area contributed by atoms with Crippen molar-refractivity contribution in [1.82, 2.24) is 19.7 Å². The molecule has 0 fully saturated rings. The fourth-order valence-corrected chi connectivity index (χ4v) is 3.88. The van der Waals surface area contributed by atoms with Crippen LogP contribution in [0.1, 0.15) is 10.5 Å². The van der Waals surface area contributed by atoms with Crippen LogP contribution in [0.3, 0.4) is 0 Å². The van der Waals surface area contributed by atoms with Gasteiger partial charge in [-0.15, -0.1) is 10.2 Å². The molecule has 152 valence electrons. The Balaban J connectivity index is 1.74. The second-order valence-corrected chi connectivity index (χ2v) is 7.29. The number of H-pyrrole nitrogens is 1. The molecular weight excluding hydrogens is 400 g/mol. The van der Waals surface area contributed by atoms with E-state index in [2.05, 4.69) is 15.2 Å². The van der Waals surface area contributed by atoms with E-state index in [9.17, 15) is 4.79 Å². The van der Waals surface area contributed by atoms with Crippen LogP contribution in [-0.2, 0) is 0 Å². The Labute approximate surface area is 178 Å². The van der Waals surface area contributed by atoms with E-state index in [0.717, 1.165) is 11.3 Å². The van der Waals surface area contributed by atoms with Crippen LogP contribution in [0.25, 0.3) is 17.1 Å². The summed E-state index contributed by atoms with van der Waals surface area (Å²) in [6, 6.07) is 19.0. The number of nitrogens with one attached hydrogen (secondary N) is 1. The number of aromatic amines is 1. The summed E-state index contributed by atoms with van der Waals surface area (Å²) in [6.07, 6.45) is 1.73. The van der Waals surface area contributed by atoms with Gasteiger partial charge in [0.25, 0.3) is 0 Å². The Bertz CT molecular complexity index is 1140. The zero-order valence-corrected chi connectivity index (χ0v) is 17.3. The molecule has 4 rings (SSSR count). The highest BCUT2D eigenvalue weighted by molar-refractivity contribution is 7.99. The third-order valence-electron chi connectivity index (χ3n) is 4.52. The lowest BCUT2D eigenvalue weighted by atomic mass is 10.2. The highest BCUT2D eigenvalue weighted by Crippen LogP contribution is 2.33. The van der Waals surface area contributed by atoms with Gasteiger partial charge in [-0.3, -0.25) is 9.36 Å². The van der Waals surface area contributed by atoms with Crippen molar-refractivity contribution >= 4 is 17.5 Å². The molecule has 0 radical (unpaired) electrons. The van der Waals surface area contributed by atoms with Crippen LogP contribution in [0, 0.1) is 0 Å². The summed E-state index contributed by atoms with van der Waals surface area (Å²) >= 11 is 1.33. The number of carbonyl (C=O) groups excluding carboxylic acids is 1. The lowest BCUT2D eigenvalue weighted by Gasteiger charge is -2.13. The van der Waals surface area contributed by atoms with Crippen LogP contribution >= 0.6 is 11.8 Å². The van der Waals surface area contributed by atoms with E-state index < -0.39 is 0 Å². The molecule has 1 N–H and O–H groups in total. The third kappa shape index (κ3) is 3.95. The highest BCUT2D eigenvalue weighted by Gasteiger charge is 2.19. The molecule has 0 aliphatic heterocycles. The maximum absolute atomic E-state index is 12.4. The average molecular weight is 420 g/mol. The van der Waals surface area contributed by atoms with Gasteiger partial charge >= 0.3 is 0 Å². The molecule has 4 aromatic rings. The number of methoxy groups -OCH3 is 2. The molecule has 30 heavy (non-hydrogen) atoms. The molecule has 0 bridgehead atoms. The molecule has 2 aromatic heterocycles. The molecule has 0 aliphatic rings. The van der Waals surface area contributed by atoms with Gasteiger partial charge in [-0.05, 0) is 24.3 Å². The Morgan fingerprint density at radius 2 is 1.80 bits per heavy atom. The van der Waals surface area contributed by atoms with Gasteiger partial charge in [-0.2, -0.15) is 0 Å². The van der Waals surface area contributed by atoms with E-state index in [1.54, 1.807) is 32.5 Å². The topological polar surface area (TPSA) is 82.0 Å². The number of Topliss-reactive ketones (excluding diaryl/α,β-unsaturated/α-hetero) is 1. The summed E-state index contributed by atoms with van der Waals surface area (Å²) in [4.78, 5) is 15.4. The Morgan fingerprint density at radius 1 is 1.00 bits per heavy atom. The van der Waals surface area contributed by atoms with Crippen LogP contribution in [0.15, 0.2) is 72.0 Å². The molecule has 0 saturated carbocycles. The summed E-state index contributed by atoms with van der Waals surface area (Å²) in [5.41, 5.74) is 2.30. The van der Waals surface area contributed by atoms with E-state index in [1.165, 1.54) is 11.8 Å². The Kier molecular flexibility index (Phi) is 5.85. The molecule has 0 unspecified atom stereocenters. The smallest absolute Gasteiger partial charge is 0.196 e. The predicted molar refractivity (Wildman–Crippen MR) is 116 cm³/mol. The van der Waals surface area contributed by atoms with E-state index in [4.69, 9.17) is 9.47 Å². The molecule has 0 amide bonds. The first-order valence-electron chi connectivity index (χ1n) is 9.24. The summed E-state index contributed by atoms with van der Waals surface area (Å²) < 4.78 is 12.7. The first kappa shape index (κ1) is 19.8. The van der Waals surface area contributed by atoms with Crippen molar-refractivity contribution in [3.8, 4) is 28.6 Å². The van der Waals surface area contributed by atoms with Crippen LogP contribution in [0.4, 0.5) is 0 Å². The molecular formula is C22H20N4O3S. The van der Waals surface area contributed by atoms with Crippen molar-refractivity contribution in [3.63, 3.8) is 0 Å². The Morgan fingerprint density at radius 3 is 2.50 bits per heavy atom. The minimum Gasteiger partial charge on any atom is -0.493 e. The summed E-state index contributed by atoms with van der Waals surface area (Å²) in [6.45, 7) is 0. The van der Waals surface area contributed by atoms with Gasteiger partial charge in [-0.25, -0.2) is 0 Å². The zero-order chi connectivity index (χ0) is 20.9. The summed E-state index contributed by atoms with van der Waals surface area (Å²) in [5, 5.41) is 9.38. The standard InChI is InChI=1S/C22H20N4O3S/c1-28-19-11-10-16(13-20(19)29-2)26-21(15-7-4-3-5-8-15)24-25-22(26)30-14-18(27)17-9-6-12-23-17/h3-13,23H,14H2,1-2H3. The van der Waals surface area contributed by atoms with E-state index in [1.807, 2.05) is 53.1 Å². The van der Waals surface area contributed by atoms with Gasteiger partial charge in [0, 0.05) is 17.8 Å². The number of ether oxygens (including phenoxy) is 2. The second kappa shape index (κ2) is 8.87. The van der Waals surface area contributed by atoms with Gasteiger partial charge in [0.05, 0.1) is 31.4 Å². The molecule has 0 saturated heterocycles. The van der Waals surface area contributed by atoms with E-state index >= 15 is 0 Å².